The molecule has 2 rings (SSSR count). The van der Waals surface area contributed by atoms with E-state index in [1.54, 1.807) is 12.1 Å². The van der Waals surface area contributed by atoms with E-state index in [9.17, 15) is 0 Å². The minimum absolute atomic E-state index is 0.0356. The van der Waals surface area contributed by atoms with E-state index < -0.39 is 8.07 Å². The van der Waals surface area contributed by atoms with Gasteiger partial charge in [0, 0.05) is 11.8 Å². The van der Waals surface area contributed by atoms with Crippen LogP contribution >= 0.6 is 0 Å². The Morgan fingerprint density at radius 3 is 2.26 bits per heavy atom. The number of benzene rings is 1. The van der Waals surface area contributed by atoms with Crippen LogP contribution < -0.4 is 5.19 Å². The molecule has 0 atom stereocenters. The Morgan fingerprint density at radius 1 is 1.11 bits per heavy atom. The second-order valence-corrected chi connectivity index (χ2v) is 11.3. The summed E-state index contributed by atoms with van der Waals surface area (Å²) in [6, 6.07) is 5.46. The Labute approximate surface area is 121 Å². The van der Waals surface area contributed by atoms with Crippen molar-refractivity contribution >= 4 is 13.3 Å². The summed E-state index contributed by atoms with van der Waals surface area (Å²) in [5.74, 6) is 0.407. The molecule has 0 spiro atoms. The van der Waals surface area contributed by atoms with Gasteiger partial charge in [0.25, 0.3) is 0 Å². The van der Waals surface area contributed by atoms with Crippen LogP contribution in [0.5, 0.6) is 0 Å². The molecule has 0 saturated carbocycles. The Bertz CT molecular complexity index is 683. The number of nitrogens with zero attached hydrogens (tertiary/aromatic N) is 1. The van der Waals surface area contributed by atoms with E-state index in [4.69, 9.17) is 4.11 Å². The van der Waals surface area contributed by atoms with Gasteiger partial charge in [-0.2, -0.15) is 0 Å². The van der Waals surface area contributed by atoms with Crippen LogP contribution in [-0.2, 0) is 0 Å². The zero-order valence-corrected chi connectivity index (χ0v) is 13.3. The Kier molecular flexibility index (Phi) is 2.89. The highest BCUT2D eigenvalue weighted by molar-refractivity contribution is 6.89. The minimum Gasteiger partial charge on any atom is -0.256 e. The third kappa shape index (κ3) is 3.13. The average Bonchev–Trinajstić information content (AvgIpc) is 2.42. The standard InChI is InChI=1S/C17H23NSi/c1-13(2)15-11-16(14-9-7-6-8-10-14)18-12-17(15)19(3,4)5/h6-13H,1-5H3/i6D,7D,8D. The summed E-state index contributed by atoms with van der Waals surface area (Å²) in [5, 5.41) is 1.36. The van der Waals surface area contributed by atoms with Gasteiger partial charge in [0.1, 0.15) is 0 Å². The molecule has 2 aromatic rings. The van der Waals surface area contributed by atoms with Crippen molar-refractivity contribution in [2.24, 2.45) is 0 Å². The van der Waals surface area contributed by atoms with Crippen molar-refractivity contribution < 1.29 is 4.11 Å². The molecule has 0 fully saturated rings. The number of pyridine rings is 1. The SMILES string of the molecule is [2H]c1cc(-c2cc(C(C)C)c([Si](C)(C)C)cn2)cc([2H])c1[2H]. The fourth-order valence-electron chi connectivity index (χ4n) is 2.19. The van der Waals surface area contributed by atoms with Gasteiger partial charge in [-0.05, 0) is 22.7 Å². The van der Waals surface area contributed by atoms with Crippen molar-refractivity contribution in [1.82, 2.24) is 4.98 Å². The molecule has 0 aliphatic rings. The van der Waals surface area contributed by atoms with Gasteiger partial charge in [-0.15, -0.1) is 0 Å². The van der Waals surface area contributed by atoms with Crippen LogP contribution in [0.1, 0.15) is 29.4 Å². The topological polar surface area (TPSA) is 12.9 Å². The van der Waals surface area contributed by atoms with Gasteiger partial charge >= 0.3 is 0 Å². The second kappa shape index (κ2) is 5.30. The molecule has 0 aliphatic heterocycles. The molecule has 0 aliphatic carbocycles. The molecule has 1 nitrogen and oxygen atoms in total. The molecule has 0 radical (unpaired) electrons. The maximum atomic E-state index is 7.80. The summed E-state index contributed by atoms with van der Waals surface area (Å²) in [6.07, 6.45) is 1.97. The van der Waals surface area contributed by atoms with Gasteiger partial charge in [-0.25, -0.2) is 0 Å². The molecule has 19 heavy (non-hydrogen) atoms. The van der Waals surface area contributed by atoms with Crippen LogP contribution in [-0.4, -0.2) is 13.1 Å². The average molecular weight is 272 g/mol. The zero-order chi connectivity index (χ0) is 16.7. The normalized spacial score (nSPS) is 14.1. The first-order chi connectivity index (χ1) is 10.1. The van der Waals surface area contributed by atoms with E-state index in [-0.39, 0.29) is 18.1 Å². The van der Waals surface area contributed by atoms with Crippen LogP contribution in [0.2, 0.25) is 19.6 Å². The number of hydrogen-bond donors (Lipinski definition) is 0. The highest BCUT2D eigenvalue weighted by Gasteiger charge is 2.22. The van der Waals surface area contributed by atoms with Gasteiger partial charge in [0.15, 0.2) is 0 Å². The third-order valence-electron chi connectivity index (χ3n) is 3.26. The lowest BCUT2D eigenvalue weighted by Crippen LogP contribution is -2.40. The summed E-state index contributed by atoms with van der Waals surface area (Å²) >= 11 is 0. The summed E-state index contributed by atoms with van der Waals surface area (Å²) in [4.78, 5) is 4.58. The van der Waals surface area contributed by atoms with Gasteiger partial charge in [0.2, 0.25) is 0 Å². The molecule has 0 bridgehead atoms. The molecule has 100 valence electrons. The number of hydrogen-bond acceptors (Lipinski definition) is 1. The van der Waals surface area contributed by atoms with E-state index >= 15 is 0 Å². The Hall–Kier alpha value is -1.41. The molecule has 2 heteroatoms. The molecular weight excluding hydrogens is 246 g/mol. The summed E-state index contributed by atoms with van der Waals surface area (Å²) in [6.45, 7) is 11.3. The quantitative estimate of drug-likeness (QED) is 0.754. The van der Waals surface area contributed by atoms with Crippen LogP contribution in [0.25, 0.3) is 11.3 Å². The first kappa shape index (κ1) is 10.4. The van der Waals surface area contributed by atoms with Crippen molar-refractivity contribution in [2.45, 2.75) is 39.4 Å². The minimum atomic E-state index is -1.46. The predicted molar refractivity (Wildman–Crippen MR) is 86.7 cm³/mol. The predicted octanol–water partition coefficient (Wildman–Crippen LogP) is 4.42. The monoisotopic (exact) mass is 272 g/mol. The highest BCUT2D eigenvalue weighted by Crippen LogP contribution is 2.22. The first-order valence-corrected chi connectivity index (χ1v) is 10.2. The first-order valence-electron chi connectivity index (χ1n) is 8.20. The van der Waals surface area contributed by atoms with Gasteiger partial charge < -0.3 is 0 Å². The lowest BCUT2D eigenvalue weighted by atomic mass is 10.0. The smallest absolute Gasteiger partial charge is 0.0799 e. The summed E-state index contributed by atoms with van der Waals surface area (Å²) in [5.41, 5.74) is 2.83. The number of rotatable bonds is 3. The van der Waals surface area contributed by atoms with Crippen molar-refractivity contribution in [1.29, 1.82) is 0 Å². The Morgan fingerprint density at radius 2 is 1.74 bits per heavy atom. The summed E-state index contributed by atoms with van der Waals surface area (Å²) in [7, 11) is -1.46. The highest BCUT2D eigenvalue weighted by atomic mass is 28.3. The Balaban J connectivity index is 2.61. The van der Waals surface area contributed by atoms with Crippen LogP contribution in [0.4, 0.5) is 0 Å². The fraction of sp³-hybridized carbons (Fsp3) is 0.353. The molecule has 0 unspecified atom stereocenters. The van der Waals surface area contributed by atoms with Crippen LogP contribution in [0, 0.1) is 0 Å². The van der Waals surface area contributed by atoms with E-state index in [0.29, 0.717) is 5.92 Å². The van der Waals surface area contributed by atoms with Crippen LogP contribution in [0.3, 0.4) is 0 Å². The van der Waals surface area contributed by atoms with Crippen molar-refractivity contribution in [2.75, 3.05) is 0 Å². The molecule has 1 aromatic heterocycles. The molecule has 0 saturated heterocycles. The number of aromatic nitrogens is 1. The lowest BCUT2D eigenvalue weighted by Gasteiger charge is -2.23. The van der Waals surface area contributed by atoms with Crippen LogP contribution in [0.15, 0.2) is 42.5 Å². The fourth-order valence-corrected chi connectivity index (χ4v) is 3.87. The molecule has 0 amide bonds. The molecule has 1 heterocycles. The van der Waals surface area contributed by atoms with E-state index in [1.165, 1.54) is 10.8 Å². The van der Waals surface area contributed by atoms with E-state index in [1.807, 2.05) is 6.20 Å². The molecule has 1 aromatic carbocycles. The van der Waals surface area contributed by atoms with E-state index in [2.05, 4.69) is 44.5 Å². The lowest BCUT2D eigenvalue weighted by molar-refractivity contribution is 0.870. The van der Waals surface area contributed by atoms with Crippen molar-refractivity contribution in [3.8, 4) is 11.3 Å². The maximum Gasteiger partial charge on any atom is 0.0799 e. The van der Waals surface area contributed by atoms with Gasteiger partial charge in [-0.3, -0.25) is 4.98 Å². The van der Waals surface area contributed by atoms with Gasteiger partial charge in [-0.1, -0.05) is 63.7 Å². The summed E-state index contributed by atoms with van der Waals surface area (Å²) < 4.78 is 23.2. The van der Waals surface area contributed by atoms with Crippen molar-refractivity contribution in [3.05, 3.63) is 48.1 Å². The maximum absolute atomic E-state index is 7.80. The van der Waals surface area contributed by atoms with E-state index in [0.717, 1.165) is 11.3 Å². The third-order valence-corrected chi connectivity index (χ3v) is 5.30. The zero-order valence-electron chi connectivity index (χ0n) is 15.3. The molecular formula is C17H23NSi. The van der Waals surface area contributed by atoms with Gasteiger partial charge in [0.05, 0.1) is 17.9 Å². The largest absolute Gasteiger partial charge is 0.256 e. The van der Waals surface area contributed by atoms with Crippen molar-refractivity contribution in [3.63, 3.8) is 0 Å². The second-order valence-electron chi connectivity index (χ2n) is 6.22. The molecule has 0 N–H and O–H groups in total.